The molecule has 3 aromatic carbocycles. The summed E-state index contributed by atoms with van der Waals surface area (Å²) < 4.78 is 0. The highest BCUT2D eigenvalue weighted by atomic mass is 16.4. The number of carbonyl (C=O) groups excluding carboxylic acids is 3. The van der Waals surface area contributed by atoms with E-state index in [1.807, 2.05) is 73.7 Å². The lowest BCUT2D eigenvalue weighted by Gasteiger charge is -2.21. The van der Waals surface area contributed by atoms with Crippen molar-refractivity contribution in [1.82, 2.24) is 15.6 Å². The van der Waals surface area contributed by atoms with E-state index in [4.69, 9.17) is 13.6 Å². The molecular weight excluding hydrogens is 578 g/mol. The lowest BCUT2D eigenvalue weighted by Crippen LogP contribution is -2.48. The number of rotatable bonds is 11. The summed E-state index contributed by atoms with van der Waals surface area (Å²) in [6, 6.07) is 25.5. The number of amides is 3. The molecule has 1 aliphatic carbocycles. The number of hydrogen-bond donors (Lipinski definition) is 5. The Morgan fingerprint density at radius 3 is 2.33 bits per heavy atom. The van der Waals surface area contributed by atoms with Gasteiger partial charge in [0.2, 0.25) is 11.8 Å². The van der Waals surface area contributed by atoms with Crippen molar-refractivity contribution in [3.63, 3.8) is 0 Å². The first-order valence-corrected chi connectivity index (χ1v) is 15.7. The quantitative estimate of drug-likeness (QED) is 0.162. The predicted molar refractivity (Wildman–Crippen MR) is 182 cm³/mol. The molecule has 236 valence electrons. The summed E-state index contributed by atoms with van der Waals surface area (Å²) in [7, 11) is 4.22. The number of hydrogen-bond acceptors (Lipinski definition) is 6. The third kappa shape index (κ3) is 9.76. The second kappa shape index (κ2) is 16.7. The van der Waals surface area contributed by atoms with Gasteiger partial charge < -0.3 is 26.4 Å². The molecule has 2 radical (unpaired) electrons. The number of nitrogens with one attached hydrogen (secondary N) is 2. The summed E-state index contributed by atoms with van der Waals surface area (Å²) >= 11 is 0. The fraction of sp³-hybridized carbons (Fsp3) is 0.314. The van der Waals surface area contributed by atoms with E-state index in [2.05, 4.69) is 15.6 Å². The number of nitrogens with zero attached hydrogens (tertiary/aromatic N) is 1. The third-order valence-electron chi connectivity index (χ3n) is 8.18. The van der Waals surface area contributed by atoms with Crippen molar-refractivity contribution >= 4 is 49.1 Å². The zero-order valence-electron chi connectivity index (χ0n) is 26.1. The molecule has 4 aromatic rings. The maximum Gasteiger partial charge on any atom is 0.488 e. The second-order valence-corrected chi connectivity index (χ2v) is 11.6. The minimum atomic E-state index is -1.56. The van der Waals surface area contributed by atoms with Crippen molar-refractivity contribution in [2.75, 3.05) is 0 Å². The van der Waals surface area contributed by atoms with Gasteiger partial charge in [-0.2, -0.15) is 0 Å². The molecule has 9 nitrogen and oxygen atoms in total. The van der Waals surface area contributed by atoms with Crippen LogP contribution in [-0.2, 0) is 16.1 Å². The molecule has 3 amide bonds. The molecule has 2 unspecified atom stereocenters. The Morgan fingerprint density at radius 2 is 1.65 bits per heavy atom. The standard InChI is InChI=1S/C18H21B2NO3.C17H19N3O2/c1-2-16(19)11-18(22)21-12-13-8-15(10-17(9-13)20(23)24)14-6-4-3-5-7-14;18-16(21)15(12-6-1-2-7-12)20-17(22)14-10-9-11-5-3-4-8-13(11)19-14/h3-10,16,23-24H,2,11-12H2,1H3,(H,21,22);3-5,8-10,12,15H,1-2,6-7H2,(H2,18,21)(H,20,22). The molecular formula is C35H40B2N4O5. The predicted octanol–water partition coefficient (Wildman–Crippen LogP) is 3.42. The first-order valence-electron chi connectivity index (χ1n) is 15.7. The van der Waals surface area contributed by atoms with Crippen molar-refractivity contribution in [2.24, 2.45) is 11.7 Å². The Kier molecular flexibility index (Phi) is 12.5. The molecule has 5 rings (SSSR count). The van der Waals surface area contributed by atoms with Gasteiger partial charge in [0, 0.05) is 18.4 Å². The molecule has 0 saturated heterocycles. The number of carbonyl (C=O) groups is 3. The van der Waals surface area contributed by atoms with Crippen LogP contribution in [0.25, 0.3) is 22.0 Å². The van der Waals surface area contributed by atoms with Crippen LogP contribution in [0.1, 0.15) is 61.5 Å². The number of benzene rings is 3. The van der Waals surface area contributed by atoms with Crippen LogP contribution in [0.3, 0.4) is 0 Å². The van der Waals surface area contributed by atoms with Crippen molar-refractivity contribution < 1.29 is 24.4 Å². The van der Waals surface area contributed by atoms with Crippen molar-refractivity contribution in [3.8, 4) is 11.1 Å². The van der Waals surface area contributed by atoms with Crippen LogP contribution in [0, 0.1) is 5.92 Å². The maximum atomic E-state index is 12.4. The van der Waals surface area contributed by atoms with Gasteiger partial charge in [-0.05, 0) is 59.1 Å². The largest absolute Gasteiger partial charge is 0.488 e. The minimum absolute atomic E-state index is 0.111. The highest BCUT2D eigenvalue weighted by Crippen LogP contribution is 2.28. The SMILES string of the molecule is NC(=O)C(NC(=O)c1ccc2ccccc2n1)C1CCCC1.[B]C(CC)CC(=O)NCc1cc(B(O)O)cc(-c2ccccc2)c1. The highest BCUT2D eigenvalue weighted by molar-refractivity contribution is 6.58. The number of pyridine rings is 1. The Morgan fingerprint density at radius 1 is 0.957 bits per heavy atom. The first-order chi connectivity index (χ1) is 22.1. The fourth-order valence-corrected chi connectivity index (χ4v) is 5.54. The Hall–Kier alpha value is -4.47. The van der Waals surface area contributed by atoms with Crippen LogP contribution >= 0.6 is 0 Å². The summed E-state index contributed by atoms with van der Waals surface area (Å²) in [6.45, 7) is 2.26. The maximum absolute atomic E-state index is 12.4. The number of nitrogens with two attached hydrogens (primary N) is 1. The van der Waals surface area contributed by atoms with E-state index >= 15 is 0 Å². The molecule has 6 N–H and O–H groups in total. The molecule has 0 bridgehead atoms. The summed E-state index contributed by atoms with van der Waals surface area (Å²) in [5, 5.41) is 25.6. The molecule has 1 aliphatic rings. The lowest BCUT2D eigenvalue weighted by atomic mass is 9.78. The van der Waals surface area contributed by atoms with Crippen molar-refractivity contribution in [2.45, 2.75) is 63.9 Å². The van der Waals surface area contributed by atoms with E-state index in [9.17, 15) is 24.4 Å². The van der Waals surface area contributed by atoms with Crippen LogP contribution < -0.4 is 21.8 Å². The summed E-state index contributed by atoms with van der Waals surface area (Å²) in [5.74, 6) is -0.930. The number of fused-ring (bicyclic) bond motifs is 1. The number of aromatic nitrogens is 1. The first kappa shape index (κ1) is 34.4. The van der Waals surface area contributed by atoms with Crippen molar-refractivity contribution in [1.29, 1.82) is 0 Å². The zero-order valence-corrected chi connectivity index (χ0v) is 26.1. The van der Waals surface area contributed by atoms with Crippen LogP contribution in [0.2, 0.25) is 5.82 Å². The van der Waals surface area contributed by atoms with Gasteiger partial charge in [0.25, 0.3) is 5.91 Å². The number of para-hydroxylation sites is 1. The summed E-state index contributed by atoms with van der Waals surface area (Å²) in [4.78, 5) is 40.3. The molecule has 46 heavy (non-hydrogen) atoms. The van der Waals surface area contributed by atoms with E-state index in [1.165, 1.54) is 0 Å². The molecule has 1 saturated carbocycles. The van der Waals surface area contributed by atoms with Gasteiger partial charge in [-0.1, -0.05) is 98.7 Å². The average molecular weight is 618 g/mol. The van der Waals surface area contributed by atoms with Crippen LogP contribution in [0.15, 0.2) is 84.9 Å². The van der Waals surface area contributed by atoms with Crippen LogP contribution in [-0.4, -0.2) is 53.8 Å². The molecule has 1 heterocycles. The van der Waals surface area contributed by atoms with Crippen molar-refractivity contribution in [3.05, 3.63) is 96.2 Å². The smallest absolute Gasteiger partial charge is 0.423 e. The van der Waals surface area contributed by atoms with Gasteiger partial charge in [-0.3, -0.25) is 14.4 Å². The van der Waals surface area contributed by atoms with Gasteiger partial charge in [-0.25, -0.2) is 4.98 Å². The van der Waals surface area contributed by atoms with Gasteiger partial charge in [0.15, 0.2) is 0 Å². The molecule has 11 heteroatoms. The van der Waals surface area contributed by atoms with E-state index in [0.717, 1.165) is 59.7 Å². The Balaban J connectivity index is 0.000000209. The van der Waals surface area contributed by atoms with Gasteiger partial charge in [0.05, 0.1) is 13.4 Å². The third-order valence-corrected chi connectivity index (χ3v) is 8.18. The highest BCUT2D eigenvalue weighted by Gasteiger charge is 2.31. The molecule has 0 spiro atoms. The Bertz CT molecular complexity index is 1630. The van der Waals surface area contributed by atoms with Crippen LogP contribution in [0.4, 0.5) is 0 Å². The monoisotopic (exact) mass is 618 g/mol. The molecule has 1 fully saturated rings. The average Bonchev–Trinajstić information content (AvgIpc) is 3.61. The van der Waals surface area contributed by atoms with E-state index in [0.29, 0.717) is 17.7 Å². The van der Waals surface area contributed by atoms with E-state index in [-0.39, 0.29) is 30.0 Å². The summed E-state index contributed by atoms with van der Waals surface area (Å²) in [5.41, 5.74) is 9.57. The fourth-order valence-electron chi connectivity index (χ4n) is 5.54. The summed E-state index contributed by atoms with van der Waals surface area (Å²) in [6.07, 6.45) is 5.05. The van der Waals surface area contributed by atoms with Gasteiger partial charge in [0.1, 0.15) is 11.7 Å². The Labute approximate surface area is 271 Å². The van der Waals surface area contributed by atoms with E-state index < -0.39 is 19.1 Å². The second-order valence-electron chi connectivity index (χ2n) is 11.6. The minimum Gasteiger partial charge on any atom is -0.423 e. The normalized spacial score (nSPS) is 14.1. The molecule has 2 atom stereocenters. The van der Waals surface area contributed by atoms with Gasteiger partial charge in [-0.15, -0.1) is 0 Å². The van der Waals surface area contributed by atoms with Crippen LogP contribution in [0.5, 0.6) is 0 Å². The lowest BCUT2D eigenvalue weighted by molar-refractivity contribution is -0.122. The number of primary amides is 1. The molecule has 1 aromatic heterocycles. The van der Waals surface area contributed by atoms with E-state index in [1.54, 1.807) is 18.2 Å². The topological polar surface area (TPSA) is 155 Å². The zero-order chi connectivity index (χ0) is 33.1. The van der Waals surface area contributed by atoms with Gasteiger partial charge >= 0.3 is 7.12 Å². The molecule has 0 aliphatic heterocycles.